The van der Waals surface area contributed by atoms with Gasteiger partial charge in [-0.3, -0.25) is 14.4 Å². The number of carbonyl (C=O) groups excluding carboxylic acids is 2. The van der Waals surface area contributed by atoms with Crippen LogP contribution in [-0.2, 0) is 14.4 Å². The Morgan fingerprint density at radius 1 is 1.04 bits per heavy atom. The molecule has 0 aromatic carbocycles. The van der Waals surface area contributed by atoms with Crippen molar-refractivity contribution in [1.82, 2.24) is 0 Å². The number of Topliss-reactive ketones (excluding diaryl/α,β-unsaturated/α-hetero) is 2. The van der Waals surface area contributed by atoms with Crippen molar-refractivity contribution < 1.29 is 19.5 Å². The third-order valence-electron chi connectivity index (χ3n) is 6.85. The molecular weight excluding hydrogens is 328 g/mol. The van der Waals surface area contributed by atoms with Crippen LogP contribution in [0.4, 0.5) is 0 Å². The van der Waals surface area contributed by atoms with E-state index in [0.29, 0.717) is 25.0 Å². The Bertz CT molecular complexity index is 571. The van der Waals surface area contributed by atoms with Gasteiger partial charge in [0.2, 0.25) is 0 Å². The van der Waals surface area contributed by atoms with Gasteiger partial charge in [0, 0.05) is 24.7 Å². The van der Waals surface area contributed by atoms with E-state index in [9.17, 15) is 14.4 Å². The van der Waals surface area contributed by atoms with Crippen LogP contribution in [0.15, 0.2) is 11.6 Å². The second kappa shape index (κ2) is 8.96. The molecule has 0 radical (unpaired) electrons. The molecule has 0 aliphatic heterocycles. The van der Waals surface area contributed by atoms with Gasteiger partial charge in [0.1, 0.15) is 5.78 Å². The van der Waals surface area contributed by atoms with Crippen LogP contribution in [0.5, 0.6) is 0 Å². The number of allylic oxidation sites excluding steroid dienone is 2. The summed E-state index contributed by atoms with van der Waals surface area (Å²) in [6, 6.07) is 0. The van der Waals surface area contributed by atoms with Gasteiger partial charge in [0.15, 0.2) is 5.78 Å². The van der Waals surface area contributed by atoms with E-state index in [1.165, 1.54) is 32.1 Å². The van der Waals surface area contributed by atoms with E-state index in [-0.39, 0.29) is 30.0 Å². The first-order valence-electron chi connectivity index (χ1n) is 10.5. The highest BCUT2D eigenvalue weighted by atomic mass is 16.4. The van der Waals surface area contributed by atoms with Crippen molar-refractivity contribution in [2.24, 2.45) is 23.7 Å². The highest BCUT2D eigenvalue weighted by Crippen LogP contribution is 2.48. The first-order chi connectivity index (χ1) is 12.6. The first kappa shape index (κ1) is 19.3. The van der Waals surface area contributed by atoms with Gasteiger partial charge in [0.25, 0.3) is 0 Å². The Kier molecular flexibility index (Phi) is 6.66. The number of ketones is 2. The summed E-state index contributed by atoms with van der Waals surface area (Å²) in [6.07, 6.45) is 14.1. The summed E-state index contributed by atoms with van der Waals surface area (Å²) in [4.78, 5) is 36.0. The highest BCUT2D eigenvalue weighted by molar-refractivity contribution is 6.01. The molecule has 3 fully saturated rings. The first-order valence-corrected chi connectivity index (χ1v) is 10.5. The Morgan fingerprint density at radius 3 is 2.54 bits per heavy atom. The summed E-state index contributed by atoms with van der Waals surface area (Å²) in [5, 5.41) is 8.70. The number of fused-ring (bicyclic) bond motifs is 1. The van der Waals surface area contributed by atoms with Crippen LogP contribution in [0.25, 0.3) is 0 Å². The van der Waals surface area contributed by atoms with Gasteiger partial charge in [-0.05, 0) is 55.9 Å². The zero-order chi connectivity index (χ0) is 18.5. The summed E-state index contributed by atoms with van der Waals surface area (Å²) in [6.45, 7) is 0. The van der Waals surface area contributed by atoms with Crippen LogP contribution in [0.2, 0.25) is 0 Å². The number of carboxylic acid groups (broad SMARTS) is 1. The van der Waals surface area contributed by atoms with E-state index in [4.69, 9.17) is 5.11 Å². The minimum atomic E-state index is -0.790. The maximum Gasteiger partial charge on any atom is 0.303 e. The molecule has 3 aliphatic rings. The molecule has 0 aromatic heterocycles. The van der Waals surface area contributed by atoms with Crippen LogP contribution < -0.4 is 0 Å². The third kappa shape index (κ3) is 4.63. The Hall–Kier alpha value is -1.45. The molecule has 0 saturated heterocycles. The maximum atomic E-state index is 12.8. The Labute approximate surface area is 156 Å². The third-order valence-corrected chi connectivity index (χ3v) is 6.85. The fourth-order valence-electron chi connectivity index (χ4n) is 5.39. The Balaban J connectivity index is 1.50. The van der Waals surface area contributed by atoms with Crippen molar-refractivity contribution in [1.29, 1.82) is 0 Å². The number of hydrogen-bond donors (Lipinski definition) is 1. The molecule has 0 aromatic rings. The smallest absolute Gasteiger partial charge is 0.303 e. The fraction of sp³-hybridized carbons (Fsp3) is 0.773. The van der Waals surface area contributed by atoms with Gasteiger partial charge in [-0.25, -0.2) is 0 Å². The molecule has 0 heterocycles. The lowest BCUT2D eigenvalue weighted by Crippen LogP contribution is -2.21. The van der Waals surface area contributed by atoms with Crippen molar-refractivity contribution >= 4 is 17.5 Å². The van der Waals surface area contributed by atoms with Crippen LogP contribution in [0, 0.1) is 23.7 Å². The molecule has 3 rings (SSSR count). The minimum absolute atomic E-state index is 0.0457. The summed E-state index contributed by atoms with van der Waals surface area (Å²) < 4.78 is 0. The molecule has 26 heavy (non-hydrogen) atoms. The molecule has 3 saturated carbocycles. The average molecular weight is 360 g/mol. The fourth-order valence-corrected chi connectivity index (χ4v) is 5.39. The summed E-state index contributed by atoms with van der Waals surface area (Å²) in [7, 11) is 0. The number of carbonyl (C=O) groups is 3. The second-order valence-electron chi connectivity index (χ2n) is 8.55. The topological polar surface area (TPSA) is 71.4 Å². The van der Waals surface area contributed by atoms with Gasteiger partial charge >= 0.3 is 5.97 Å². The zero-order valence-electron chi connectivity index (χ0n) is 15.8. The molecule has 4 nitrogen and oxygen atoms in total. The molecule has 144 valence electrons. The van der Waals surface area contributed by atoms with E-state index in [2.05, 4.69) is 0 Å². The highest BCUT2D eigenvalue weighted by Gasteiger charge is 2.48. The lowest BCUT2D eigenvalue weighted by molar-refractivity contribution is -0.137. The molecule has 4 heteroatoms. The van der Waals surface area contributed by atoms with Crippen LogP contribution in [-0.4, -0.2) is 22.6 Å². The normalized spacial score (nSPS) is 30.7. The van der Waals surface area contributed by atoms with Gasteiger partial charge < -0.3 is 5.11 Å². The average Bonchev–Trinajstić information content (AvgIpc) is 3.18. The van der Waals surface area contributed by atoms with E-state index in [1.807, 2.05) is 6.08 Å². The predicted molar refractivity (Wildman–Crippen MR) is 99.7 cm³/mol. The molecule has 2 unspecified atom stereocenters. The number of carboxylic acids is 1. The zero-order valence-corrected chi connectivity index (χ0v) is 15.8. The maximum absolute atomic E-state index is 12.8. The Morgan fingerprint density at radius 2 is 1.81 bits per heavy atom. The van der Waals surface area contributed by atoms with Crippen molar-refractivity contribution in [2.45, 2.75) is 83.5 Å². The van der Waals surface area contributed by atoms with E-state index in [1.54, 1.807) is 0 Å². The lowest BCUT2D eigenvalue weighted by atomic mass is 9.82. The van der Waals surface area contributed by atoms with Crippen molar-refractivity contribution in [3.05, 3.63) is 11.6 Å². The largest absolute Gasteiger partial charge is 0.481 e. The van der Waals surface area contributed by atoms with Crippen LogP contribution >= 0.6 is 0 Å². The van der Waals surface area contributed by atoms with Crippen molar-refractivity contribution in [2.75, 3.05) is 0 Å². The van der Waals surface area contributed by atoms with Gasteiger partial charge in [0.05, 0.1) is 0 Å². The van der Waals surface area contributed by atoms with Crippen molar-refractivity contribution in [3.63, 3.8) is 0 Å². The molecule has 3 atom stereocenters. The van der Waals surface area contributed by atoms with Crippen molar-refractivity contribution in [3.8, 4) is 0 Å². The second-order valence-corrected chi connectivity index (χ2v) is 8.55. The number of rotatable bonds is 8. The molecule has 0 amide bonds. The van der Waals surface area contributed by atoms with Gasteiger partial charge in [-0.1, -0.05) is 38.2 Å². The summed E-state index contributed by atoms with van der Waals surface area (Å²) in [5.41, 5.74) is 0.857. The number of aliphatic carboxylic acids is 1. The number of unbranched alkanes of at least 4 members (excludes halogenated alkanes) is 1. The SMILES string of the molecule is O=C(O)CCCC=C1CC2C(CC[C@@H]2C(=O)CCC2CCCCC2)C1=O. The molecule has 0 bridgehead atoms. The van der Waals surface area contributed by atoms with Crippen LogP contribution in [0.1, 0.15) is 83.5 Å². The summed E-state index contributed by atoms with van der Waals surface area (Å²) in [5.74, 6) is 0.909. The van der Waals surface area contributed by atoms with Gasteiger partial charge in [-0.2, -0.15) is 0 Å². The quantitative estimate of drug-likeness (QED) is 0.502. The number of hydrogen-bond acceptors (Lipinski definition) is 3. The lowest BCUT2D eigenvalue weighted by Gasteiger charge is -2.22. The monoisotopic (exact) mass is 360 g/mol. The van der Waals surface area contributed by atoms with E-state index >= 15 is 0 Å². The van der Waals surface area contributed by atoms with Crippen LogP contribution in [0.3, 0.4) is 0 Å². The molecule has 3 aliphatic carbocycles. The standard InChI is InChI=1S/C22H32O4/c23-20(13-10-15-6-2-1-3-7-15)17-11-12-18-19(17)14-16(22(18)26)8-4-5-9-21(24)25/h8,15,17-19H,1-7,9-14H2,(H,24,25)/t17-,18?,19?/m0/s1. The molecule has 0 spiro atoms. The predicted octanol–water partition coefficient (Wildman–Crippen LogP) is 4.71. The summed E-state index contributed by atoms with van der Waals surface area (Å²) >= 11 is 0. The van der Waals surface area contributed by atoms with Gasteiger partial charge in [-0.15, -0.1) is 0 Å². The van der Waals surface area contributed by atoms with E-state index in [0.717, 1.165) is 37.2 Å². The molecular formula is C22H32O4. The molecule has 1 N–H and O–H groups in total. The van der Waals surface area contributed by atoms with E-state index < -0.39 is 5.97 Å². The minimum Gasteiger partial charge on any atom is -0.481 e.